The second-order valence-corrected chi connectivity index (χ2v) is 5.67. The van der Waals surface area contributed by atoms with Crippen LogP contribution in [0.25, 0.3) is 0 Å². The fraction of sp³-hybridized carbons (Fsp3) is 0.625. The first-order valence-electron chi connectivity index (χ1n) is 7.31. The Labute approximate surface area is 121 Å². The molecule has 0 aliphatic carbocycles. The molecule has 4 heteroatoms. The molecule has 1 fully saturated rings. The number of piperidine rings is 1. The lowest BCUT2D eigenvalue weighted by Crippen LogP contribution is -2.42. The SMILES string of the molecule is COc1ccc(CN2CCC(C)C(CN)C2)c(OC)c1. The molecule has 20 heavy (non-hydrogen) atoms. The summed E-state index contributed by atoms with van der Waals surface area (Å²) in [6.45, 7) is 6.20. The minimum atomic E-state index is 0.605. The van der Waals surface area contributed by atoms with Crippen LogP contribution in [0.4, 0.5) is 0 Å². The van der Waals surface area contributed by atoms with Crippen molar-refractivity contribution in [2.45, 2.75) is 19.9 Å². The fourth-order valence-electron chi connectivity index (χ4n) is 2.90. The van der Waals surface area contributed by atoms with Gasteiger partial charge in [0.1, 0.15) is 11.5 Å². The van der Waals surface area contributed by atoms with Crippen molar-refractivity contribution in [3.05, 3.63) is 23.8 Å². The highest BCUT2D eigenvalue weighted by molar-refractivity contribution is 5.40. The lowest BCUT2D eigenvalue weighted by molar-refractivity contribution is 0.125. The average Bonchev–Trinajstić information content (AvgIpc) is 2.49. The molecule has 0 radical (unpaired) electrons. The van der Waals surface area contributed by atoms with Gasteiger partial charge in [0, 0.05) is 24.7 Å². The van der Waals surface area contributed by atoms with E-state index in [4.69, 9.17) is 15.2 Å². The Morgan fingerprint density at radius 2 is 2.10 bits per heavy atom. The van der Waals surface area contributed by atoms with Crippen LogP contribution >= 0.6 is 0 Å². The minimum absolute atomic E-state index is 0.605. The molecule has 0 spiro atoms. The normalized spacial score (nSPS) is 23.6. The molecule has 1 saturated heterocycles. The maximum atomic E-state index is 5.88. The number of rotatable bonds is 5. The maximum absolute atomic E-state index is 5.88. The number of likely N-dealkylation sites (tertiary alicyclic amines) is 1. The monoisotopic (exact) mass is 278 g/mol. The molecular weight excluding hydrogens is 252 g/mol. The zero-order chi connectivity index (χ0) is 14.5. The molecule has 2 rings (SSSR count). The van der Waals surface area contributed by atoms with Crippen molar-refractivity contribution in [3.63, 3.8) is 0 Å². The Morgan fingerprint density at radius 1 is 1.30 bits per heavy atom. The predicted molar refractivity (Wildman–Crippen MR) is 81.1 cm³/mol. The molecule has 2 N–H and O–H groups in total. The molecular formula is C16H26N2O2. The Morgan fingerprint density at radius 3 is 2.75 bits per heavy atom. The van der Waals surface area contributed by atoms with Gasteiger partial charge in [-0.05, 0) is 37.4 Å². The van der Waals surface area contributed by atoms with Crippen LogP contribution in [0.5, 0.6) is 11.5 Å². The Kier molecular flexibility index (Phi) is 5.26. The Hall–Kier alpha value is -1.26. The third kappa shape index (κ3) is 3.44. The summed E-state index contributed by atoms with van der Waals surface area (Å²) in [7, 11) is 3.38. The molecule has 1 aromatic rings. The van der Waals surface area contributed by atoms with E-state index >= 15 is 0 Å². The van der Waals surface area contributed by atoms with E-state index < -0.39 is 0 Å². The summed E-state index contributed by atoms with van der Waals surface area (Å²) in [5.41, 5.74) is 7.08. The highest BCUT2D eigenvalue weighted by Crippen LogP contribution is 2.28. The lowest BCUT2D eigenvalue weighted by atomic mass is 9.87. The Balaban J connectivity index is 2.06. The summed E-state index contributed by atoms with van der Waals surface area (Å²) < 4.78 is 10.7. The van der Waals surface area contributed by atoms with Crippen LogP contribution in [0.3, 0.4) is 0 Å². The molecule has 1 aliphatic rings. The van der Waals surface area contributed by atoms with Gasteiger partial charge in [0.2, 0.25) is 0 Å². The molecule has 1 aliphatic heterocycles. The molecule has 2 atom stereocenters. The zero-order valence-corrected chi connectivity index (χ0v) is 12.8. The summed E-state index contributed by atoms with van der Waals surface area (Å²) >= 11 is 0. The Bertz CT molecular complexity index is 436. The summed E-state index contributed by atoms with van der Waals surface area (Å²) in [6, 6.07) is 6.03. The van der Waals surface area contributed by atoms with Crippen molar-refractivity contribution in [1.82, 2.24) is 4.90 Å². The second-order valence-electron chi connectivity index (χ2n) is 5.67. The van der Waals surface area contributed by atoms with Crippen molar-refractivity contribution in [1.29, 1.82) is 0 Å². The molecule has 0 saturated carbocycles. The molecule has 1 aromatic carbocycles. The molecule has 4 nitrogen and oxygen atoms in total. The van der Waals surface area contributed by atoms with Crippen LogP contribution in [0.15, 0.2) is 18.2 Å². The quantitative estimate of drug-likeness (QED) is 0.896. The van der Waals surface area contributed by atoms with Crippen molar-refractivity contribution in [2.75, 3.05) is 33.9 Å². The third-order valence-electron chi connectivity index (χ3n) is 4.39. The van der Waals surface area contributed by atoms with Crippen LogP contribution in [0, 0.1) is 11.8 Å². The smallest absolute Gasteiger partial charge is 0.127 e. The van der Waals surface area contributed by atoms with Gasteiger partial charge in [-0.15, -0.1) is 0 Å². The molecule has 1 heterocycles. The predicted octanol–water partition coefficient (Wildman–Crippen LogP) is 2.12. The first-order valence-corrected chi connectivity index (χ1v) is 7.31. The summed E-state index contributed by atoms with van der Waals surface area (Å²) in [5.74, 6) is 3.06. The largest absolute Gasteiger partial charge is 0.497 e. The molecule has 0 amide bonds. The van der Waals surface area contributed by atoms with Gasteiger partial charge in [-0.1, -0.05) is 13.0 Å². The van der Waals surface area contributed by atoms with E-state index in [-0.39, 0.29) is 0 Å². The van der Waals surface area contributed by atoms with Gasteiger partial charge in [-0.3, -0.25) is 4.90 Å². The maximum Gasteiger partial charge on any atom is 0.127 e. The lowest BCUT2D eigenvalue weighted by Gasteiger charge is -2.36. The zero-order valence-electron chi connectivity index (χ0n) is 12.8. The third-order valence-corrected chi connectivity index (χ3v) is 4.39. The van der Waals surface area contributed by atoms with E-state index in [1.54, 1.807) is 14.2 Å². The van der Waals surface area contributed by atoms with Crippen molar-refractivity contribution in [2.24, 2.45) is 17.6 Å². The van der Waals surface area contributed by atoms with Gasteiger partial charge in [0.05, 0.1) is 14.2 Å². The number of ether oxygens (including phenoxy) is 2. The van der Waals surface area contributed by atoms with Crippen LogP contribution < -0.4 is 15.2 Å². The summed E-state index contributed by atoms with van der Waals surface area (Å²) in [6.07, 6.45) is 1.22. The minimum Gasteiger partial charge on any atom is -0.497 e. The molecule has 2 unspecified atom stereocenters. The van der Waals surface area contributed by atoms with E-state index in [0.717, 1.165) is 43.6 Å². The van der Waals surface area contributed by atoms with Crippen molar-refractivity contribution < 1.29 is 9.47 Å². The van der Waals surface area contributed by atoms with Crippen molar-refractivity contribution >= 4 is 0 Å². The van der Waals surface area contributed by atoms with Crippen LogP contribution in [-0.2, 0) is 6.54 Å². The fourth-order valence-corrected chi connectivity index (χ4v) is 2.90. The number of hydrogen-bond acceptors (Lipinski definition) is 4. The van der Waals surface area contributed by atoms with E-state index in [1.807, 2.05) is 12.1 Å². The van der Waals surface area contributed by atoms with E-state index in [9.17, 15) is 0 Å². The average molecular weight is 278 g/mol. The molecule has 0 aromatic heterocycles. The van der Waals surface area contributed by atoms with Gasteiger partial charge >= 0.3 is 0 Å². The number of methoxy groups -OCH3 is 2. The molecule has 112 valence electrons. The first-order chi connectivity index (χ1) is 9.67. The van der Waals surface area contributed by atoms with E-state index in [1.165, 1.54) is 12.0 Å². The van der Waals surface area contributed by atoms with Gasteiger partial charge in [-0.25, -0.2) is 0 Å². The topological polar surface area (TPSA) is 47.7 Å². The van der Waals surface area contributed by atoms with Crippen molar-refractivity contribution in [3.8, 4) is 11.5 Å². The number of nitrogens with two attached hydrogens (primary N) is 1. The van der Waals surface area contributed by atoms with Crippen LogP contribution in [-0.4, -0.2) is 38.8 Å². The highest BCUT2D eigenvalue weighted by Gasteiger charge is 2.25. The van der Waals surface area contributed by atoms with Gasteiger partial charge in [0.25, 0.3) is 0 Å². The first kappa shape index (κ1) is 15.1. The van der Waals surface area contributed by atoms with Crippen LogP contribution in [0.2, 0.25) is 0 Å². The van der Waals surface area contributed by atoms with E-state index in [2.05, 4.69) is 17.9 Å². The summed E-state index contributed by atoms with van der Waals surface area (Å²) in [4.78, 5) is 2.47. The van der Waals surface area contributed by atoms with Gasteiger partial charge < -0.3 is 15.2 Å². The highest BCUT2D eigenvalue weighted by atomic mass is 16.5. The number of benzene rings is 1. The van der Waals surface area contributed by atoms with E-state index in [0.29, 0.717) is 5.92 Å². The van der Waals surface area contributed by atoms with Gasteiger partial charge in [-0.2, -0.15) is 0 Å². The second kappa shape index (κ2) is 6.95. The van der Waals surface area contributed by atoms with Gasteiger partial charge in [0.15, 0.2) is 0 Å². The van der Waals surface area contributed by atoms with Crippen LogP contribution in [0.1, 0.15) is 18.9 Å². The number of hydrogen-bond donors (Lipinski definition) is 1. The number of nitrogens with zero attached hydrogens (tertiary/aromatic N) is 1. The summed E-state index contributed by atoms with van der Waals surface area (Å²) in [5, 5.41) is 0. The standard InChI is InChI=1S/C16H26N2O2/c1-12-6-7-18(11-14(12)9-17)10-13-4-5-15(19-2)8-16(13)20-3/h4-5,8,12,14H,6-7,9-11,17H2,1-3H3. The molecule has 0 bridgehead atoms.